The van der Waals surface area contributed by atoms with E-state index < -0.39 is 0 Å². The lowest BCUT2D eigenvalue weighted by molar-refractivity contribution is 0.484. The fourth-order valence-corrected chi connectivity index (χ4v) is 2.93. The molecule has 0 atom stereocenters. The number of para-hydroxylation sites is 2. The molecular weight excluding hydrogens is 339 g/mol. The predicted molar refractivity (Wildman–Crippen MR) is 106 cm³/mol. The molecule has 2 N–H and O–H groups in total. The summed E-state index contributed by atoms with van der Waals surface area (Å²) in [6.07, 6.45) is 1.67. The van der Waals surface area contributed by atoms with Crippen molar-refractivity contribution in [3.8, 4) is 33.8 Å². The van der Waals surface area contributed by atoms with Crippen LogP contribution in [0.2, 0.25) is 0 Å². The molecule has 0 unspecified atom stereocenters. The molecule has 0 saturated heterocycles. The SMILES string of the molecule is Nc1ncc(-c2ccccc2Oc2ccccc2)cc1-c1ccccc1F. The van der Waals surface area contributed by atoms with Crippen LogP contribution in [-0.4, -0.2) is 4.98 Å². The van der Waals surface area contributed by atoms with Gasteiger partial charge in [0.05, 0.1) is 0 Å². The molecule has 0 bridgehead atoms. The second-order valence-corrected chi connectivity index (χ2v) is 6.05. The van der Waals surface area contributed by atoms with Crippen LogP contribution in [0.5, 0.6) is 11.5 Å². The van der Waals surface area contributed by atoms with Crippen molar-refractivity contribution in [1.29, 1.82) is 0 Å². The smallest absolute Gasteiger partial charge is 0.135 e. The Morgan fingerprint density at radius 2 is 1.41 bits per heavy atom. The van der Waals surface area contributed by atoms with Crippen molar-refractivity contribution in [1.82, 2.24) is 4.98 Å². The van der Waals surface area contributed by atoms with Crippen molar-refractivity contribution in [3.63, 3.8) is 0 Å². The number of aromatic nitrogens is 1. The molecule has 1 aromatic heterocycles. The quantitative estimate of drug-likeness (QED) is 0.493. The van der Waals surface area contributed by atoms with Crippen LogP contribution in [0.3, 0.4) is 0 Å². The summed E-state index contributed by atoms with van der Waals surface area (Å²) in [5.41, 5.74) is 8.65. The van der Waals surface area contributed by atoms with Crippen LogP contribution in [-0.2, 0) is 0 Å². The molecule has 3 aromatic carbocycles. The Balaban J connectivity index is 1.79. The van der Waals surface area contributed by atoms with Crippen LogP contribution in [0.4, 0.5) is 10.2 Å². The van der Waals surface area contributed by atoms with Crippen molar-refractivity contribution in [2.24, 2.45) is 0 Å². The normalized spacial score (nSPS) is 10.6. The number of ether oxygens (including phenoxy) is 1. The zero-order valence-electron chi connectivity index (χ0n) is 14.5. The number of hydrogen-bond acceptors (Lipinski definition) is 3. The second-order valence-electron chi connectivity index (χ2n) is 6.05. The van der Waals surface area contributed by atoms with E-state index >= 15 is 0 Å². The molecule has 0 radical (unpaired) electrons. The van der Waals surface area contributed by atoms with E-state index in [9.17, 15) is 4.39 Å². The van der Waals surface area contributed by atoms with Gasteiger partial charge in [-0.2, -0.15) is 0 Å². The van der Waals surface area contributed by atoms with Gasteiger partial charge < -0.3 is 10.5 Å². The summed E-state index contributed by atoms with van der Waals surface area (Å²) in [5.74, 6) is 1.37. The number of rotatable bonds is 4. The van der Waals surface area contributed by atoms with Gasteiger partial charge in [0.15, 0.2) is 0 Å². The van der Waals surface area contributed by atoms with Crippen LogP contribution in [0.25, 0.3) is 22.3 Å². The number of nitrogens with zero attached hydrogens (tertiary/aromatic N) is 1. The average Bonchev–Trinajstić information content (AvgIpc) is 2.70. The Hall–Kier alpha value is -3.66. The van der Waals surface area contributed by atoms with Crippen LogP contribution in [0.15, 0.2) is 91.1 Å². The summed E-state index contributed by atoms with van der Waals surface area (Å²) in [6, 6.07) is 25.6. The molecule has 132 valence electrons. The van der Waals surface area contributed by atoms with Gasteiger partial charge in [0.1, 0.15) is 23.1 Å². The van der Waals surface area contributed by atoms with Gasteiger partial charge in [0.25, 0.3) is 0 Å². The summed E-state index contributed by atoms with van der Waals surface area (Å²) < 4.78 is 20.3. The Labute approximate surface area is 156 Å². The van der Waals surface area contributed by atoms with E-state index in [1.165, 1.54) is 6.07 Å². The molecule has 1 heterocycles. The summed E-state index contributed by atoms with van der Waals surface area (Å²) in [5, 5.41) is 0. The summed E-state index contributed by atoms with van der Waals surface area (Å²) in [6.45, 7) is 0. The summed E-state index contributed by atoms with van der Waals surface area (Å²) in [4.78, 5) is 4.28. The molecule has 0 aliphatic heterocycles. The number of anilines is 1. The predicted octanol–water partition coefficient (Wildman–Crippen LogP) is 5.93. The maximum atomic E-state index is 14.2. The molecule has 0 aliphatic rings. The molecule has 27 heavy (non-hydrogen) atoms. The minimum atomic E-state index is -0.336. The average molecular weight is 356 g/mol. The van der Waals surface area contributed by atoms with E-state index in [4.69, 9.17) is 10.5 Å². The van der Waals surface area contributed by atoms with Gasteiger partial charge in [-0.05, 0) is 30.3 Å². The highest BCUT2D eigenvalue weighted by molar-refractivity contribution is 5.81. The lowest BCUT2D eigenvalue weighted by Gasteiger charge is -2.13. The highest BCUT2D eigenvalue weighted by Gasteiger charge is 2.13. The lowest BCUT2D eigenvalue weighted by Crippen LogP contribution is -1.97. The van der Waals surface area contributed by atoms with Crippen LogP contribution in [0, 0.1) is 5.82 Å². The summed E-state index contributed by atoms with van der Waals surface area (Å²) >= 11 is 0. The van der Waals surface area contributed by atoms with E-state index in [0.29, 0.717) is 16.9 Å². The Bertz CT molecular complexity index is 1080. The highest BCUT2D eigenvalue weighted by atomic mass is 19.1. The van der Waals surface area contributed by atoms with Crippen molar-refractivity contribution < 1.29 is 9.13 Å². The van der Waals surface area contributed by atoms with Crippen LogP contribution in [0.1, 0.15) is 0 Å². The van der Waals surface area contributed by atoms with Gasteiger partial charge in [-0.3, -0.25) is 0 Å². The van der Waals surface area contributed by atoms with E-state index in [1.54, 1.807) is 24.4 Å². The van der Waals surface area contributed by atoms with E-state index in [1.807, 2.05) is 60.7 Å². The Kier molecular flexibility index (Phi) is 4.54. The molecule has 3 nitrogen and oxygen atoms in total. The first kappa shape index (κ1) is 16.8. The third-order valence-corrected chi connectivity index (χ3v) is 4.25. The first-order chi connectivity index (χ1) is 13.2. The Morgan fingerprint density at radius 1 is 0.741 bits per heavy atom. The number of benzene rings is 3. The molecular formula is C23H17FN2O. The van der Waals surface area contributed by atoms with Crippen LogP contribution < -0.4 is 10.5 Å². The fraction of sp³-hybridized carbons (Fsp3) is 0. The van der Waals surface area contributed by atoms with Crippen molar-refractivity contribution in [2.75, 3.05) is 5.73 Å². The van der Waals surface area contributed by atoms with Gasteiger partial charge in [-0.15, -0.1) is 0 Å². The molecule has 0 amide bonds. The topological polar surface area (TPSA) is 48.1 Å². The first-order valence-corrected chi connectivity index (χ1v) is 8.55. The maximum Gasteiger partial charge on any atom is 0.135 e. The number of hydrogen-bond donors (Lipinski definition) is 1. The third kappa shape index (κ3) is 3.51. The summed E-state index contributed by atoms with van der Waals surface area (Å²) in [7, 11) is 0. The second kappa shape index (κ2) is 7.30. The first-order valence-electron chi connectivity index (χ1n) is 8.55. The minimum Gasteiger partial charge on any atom is -0.457 e. The molecule has 4 rings (SSSR count). The molecule has 0 aliphatic carbocycles. The maximum absolute atomic E-state index is 14.2. The van der Waals surface area contributed by atoms with Gasteiger partial charge >= 0.3 is 0 Å². The molecule has 0 saturated carbocycles. The van der Waals surface area contributed by atoms with Crippen LogP contribution >= 0.6 is 0 Å². The van der Waals surface area contributed by atoms with Crippen molar-refractivity contribution in [2.45, 2.75) is 0 Å². The molecule has 4 heteroatoms. The number of halogens is 1. The van der Waals surface area contributed by atoms with Gasteiger partial charge in [0, 0.05) is 28.5 Å². The van der Waals surface area contributed by atoms with E-state index in [-0.39, 0.29) is 11.6 Å². The van der Waals surface area contributed by atoms with E-state index in [2.05, 4.69) is 4.98 Å². The standard InChI is InChI=1S/C23H17FN2O/c24-21-12-6-4-11-19(21)20-14-16(15-26-23(20)25)18-10-5-7-13-22(18)27-17-8-2-1-3-9-17/h1-15H,(H2,25,26). The van der Waals surface area contributed by atoms with Gasteiger partial charge in [-0.25, -0.2) is 9.37 Å². The third-order valence-electron chi connectivity index (χ3n) is 4.25. The zero-order valence-corrected chi connectivity index (χ0v) is 14.5. The fourth-order valence-electron chi connectivity index (χ4n) is 2.93. The molecule has 0 spiro atoms. The zero-order chi connectivity index (χ0) is 18.6. The van der Waals surface area contributed by atoms with Gasteiger partial charge in [-0.1, -0.05) is 54.6 Å². The van der Waals surface area contributed by atoms with Gasteiger partial charge in [0.2, 0.25) is 0 Å². The van der Waals surface area contributed by atoms with Crippen molar-refractivity contribution in [3.05, 3.63) is 96.9 Å². The largest absolute Gasteiger partial charge is 0.457 e. The lowest BCUT2D eigenvalue weighted by atomic mass is 10.00. The monoisotopic (exact) mass is 356 g/mol. The highest BCUT2D eigenvalue weighted by Crippen LogP contribution is 2.36. The number of pyridine rings is 1. The van der Waals surface area contributed by atoms with E-state index in [0.717, 1.165) is 16.9 Å². The number of nitrogen functional groups attached to an aromatic ring is 1. The molecule has 0 fully saturated rings. The van der Waals surface area contributed by atoms with Crippen molar-refractivity contribution >= 4 is 5.82 Å². The Morgan fingerprint density at radius 3 is 2.19 bits per heavy atom. The minimum absolute atomic E-state index is 0.283. The number of nitrogens with two attached hydrogens (primary N) is 1. The molecule has 4 aromatic rings.